The van der Waals surface area contributed by atoms with Gasteiger partial charge in [-0.2, -0.15) is 0 Å². The maximum absolute atomic E-state index is 12.9. The highest BCUT2D eigenvalue weighted by Crippen LogP contribution is 2.32. The number of aromatic hydroxyl groups is 1. The summed E-state index contributed by atoms with van der Waals surface area (Å²) in [5.41, 5.74) is 0. The average molecular weight is 186 g/mol. The fraction of sp³-hybridized carbons (Fsp3) is 0. The maximum atomic E-state index is 12.9. The van der Waals surface area contributed by atoms with Crippen molar-refractivity contribution in [2.75, 3.05) is 0 Å². The second-order valence-electron chi connectivity index (χ2n) is 2.35. The van der Waals surface area contributed by atoms with Crippen LogP contribution < -0.4 is 0 Å². The van der Waals surface area contributed by atoms with E-state index in [1.807, 2.05) is 0 Å². The number of halogens is 2. The second-order valence-corrected chi connectivity index (χ2v) is 3.27. The van der Waals surface area contributed by atoms with E-state index >= 15 is 0 Å². The molecule has 0 atom stereocenters. The molecule has 2 aromatic rings. The first-order valence-electron chi connectivity index (χ1n) is 3.24. The summed E-state index contributed by atoms with van der Waals surface area (Å²) in [6.07, 6.45) is 0. The van der Waals surface area contributed by atoms with Gasteiger partial charge in [-0.1, -0.05) is 0 Å². The molecule has 0 fully saturated rings. The number of phenols is 1. The van der Waals surface area contributed by atoms with Crippen LogP contribution in [0.1, 0.15) is 0 Å². The molecule has 1 aromatic heterocycles. The normalized spacial score (nSPS) is 10.8. The van der Waals surface area contributed by atoms with E-state index in [9.17, 15) is 8.78 Å². The van der Waals surface area contributed by atoms with Crippen molar-refractivity contribution in [1.82, 2.24) is 0 Å². The molecule has 0 radical (unpaired) electrons. The van der Waals surface area contributed by atoms with E-state index in [1.54, 1.807) is 11.4 Å². The molecule has 1 aromatic carbocycles. The highest BCUT2D eigenvalue weighted by molar-refractivity contribution is 7.17. The van der Waals surface area contributed by atoms with E-state index in [-0.39, 0.29) is 10.4 Å². The van der Waals surface area contributed by atoms with Crippen LogP contribution in [-0.2, 0) is 0 Å². The van der Waals surface area contributed by atoms with Gasteiger partial charge in [0.15, 0.2) is 11.6 Å². The van der Waals surface area contributed by atoms with Gasteiger partial charge in [0.25, 0.3) is 0 Å². The van der Waals surface area contributed by atoms with Gasteiger partial charge >= 0.3 is 0 Å². The molecule has 0 unspecified atom stereocenters. The molecule has 1 N–H and O–H groups in total. The van der Waals surface area contributed by atoms with Gasteiger partial charge in [-0.05, 0) is 11.4 Å². The summed E-state index contributed by atoms with van der Waals surface area (Å²) in [6, 6.07) is 2.34. The molecule has 0 aliphatic rings. The minimum atomic E-state index is -1.01. The molecule has 1 nitrogen and oxygen atoms in total. The Kier molecular flexibility index (Phi) is 1.51. The summed E-state index contributed by atoms with van der Waals surface area (Å²) in [5.74, 6) is -2.12. The number of phenolic OH excluding ortho intramolecular Hbond substituents is 1. The zero-order valence-electron chi connectivity index (χ0n) is 5.84. The molecule has 12 heavy (non-hydrogen) atoms. The quantitative estimate of drug-likeness (QED) is 0.670. The van der Waals surface area contributed by atoms with E-state index in [4.69, 9.17) is 5.11 Å². The van der Waals surface area contributed by atoms with E-state index < -0.39 is 11.6 Å². The van der Waals surface area contributed by atoms with Gasteiger partial charge in [-0.3, -0.25) is 0 Å². The zero-order valence-corrected chi connectivity index (χ0v) is 6.66. The van der Waals surface area contributed by atoms with Crippen LogP contribution in [0.5, 0.6) is 5.75 Å². The predicted molar refractivity (Wildman–Crippen MR) is 43.4 cm³/mol. The van der Waals surface area contributed by atoms with Crippen LogP contribution in [0.4, 0.5) is 8.78 Å². The standard InChI is InChI=1S/C8H4F2OS/c9-5-3-6(11)4-1-2-12-8(4)7(5)10/h1-3,11H. The van der Waals surface area contributed by atoms with Gasteiger partial charge in [0.05, 0.1) is 4.70 Å². The Balaban J connectivity index is 2.97. The van der Waals surface area contributed by atoms with Crippen molar-refractivity contribution in [3.8, 4) is 5.75 Å². The van der Waals surface area contributed by atoms with Crippen molar-refractivity contribution in [3.63, 3.8) is 0 Å². The molecule has 1 heterocycles. The van der Waals surface area contributed by atoms with Crippen molar-refractivity contribution in [2.45, 2.75) is 0 Å². The fourth-order valence-electron chi connectivity index (χ4n) is 1.05. The van der Waals surface area contributed by atoms with Gasteiger partial charge < -0.3 is 5.11 Å². The highest BCUT2D eigenvalue weighted by Gasteiger charge is 2.11. The average Bonchev–Trinajstić information content (AvgIpc) is 2.48. The third-order valence-corrected chi connectivity index (χ3v) is 2.52. The van der Waals surface area contributed by atoms with Gasteiger partial charge in [0, 0.05) is 11.5 Å². The second kappa shape index (κ2) is 2.42. The van der Waals surface area contributed by atoms with Crippen molar-refractivity contribution < 1.29 is 13.9 Å². The summed E-state index contributed by atoms with van der Waals surface area (Å²) in [5, 5.41) is 11.1. The van der Waals surface area contributed by atoms with E-state index in [1.165, 1.54) is 0 Å². The number of hydrogen-bond donors (Lipinski definition) is 1. The fourth-order valence-corrected chi connectivity index (χ4v) is 1.89. The molecule has 0 aliphatic heterocycles. The van der Waals surface area contributed by atoms with Crippen LogP contribution in [0.15, 0.2) is 17.5 Å². The Labute approximate surface area is 70.9 Å². The molecule has 2 rings (SSSR count). The number of hydrogen-bond acceptors (Lipinski definition) is 2. The van der Waals surface area contributed by atoms with Gasteiger partial charge in [0.1, 0.15) is 5.75 Å². The SMILES string of the molecule is Oc1cc(F)c(F)c2sccc12. The van der Waals surface area contributed by atoms with E-state index in [2.05, 4.69) is 0 Å². The summed E-state index contributed by atoms with van der Waals surface area (Å²) >= 11 is 1.07. The maximum Gasteiger partial charge on any atom is 0.176 e. The first-order valence-corrected chi connectivity index (χ1v) is 4.12. The number of rotatable bonds is 0. The summed E-state index contributed by atoms with van der Waals surface area (Å²) in [4.78, 5) is 0. The lowest BCUT2D eigenvalue weighted by atomic mass is 10.2. The van der Waals surface area contributed by atoms with Crippen molar-refractivity contribution in [1.29, 1.82) is 0 Å². The Hall–Kier alpha value is -1.16. The van der Waals surface area contributed by atoms with Crippen LogP contribution in [0.3, 0.4) is 0 Å². The third kappa shape index (κ3) is 0.881. The van der Waals surface area contributed by atoms with E-state index in [0.717, 1.165) is 17.4 Å². The van der Waals surface area contributed by atoms with Crippen LogP contribution in [0, 0.1) is 11.6 Å². The molecular formula is C8H4F2OS. The smallest absolute Gasteiger partial charge is 0.176 e. The van der Waals surface area contributed by atoms with Crippen molar-refractivity contribution in [2.24, 2.45) is 0 Å². The first kappa shape index (κ1) is 7.49. The summed E-state index contributed by atoms with van der Waals surface area (Å²) in [6.45, 7) is 0. The lowest BCUT2D eigenvalue weighted by Crippen LogP contribution is -1.82. The van der Waals surface area contributed by atoms with Crippen LogP contribution in [0.25, 0.3) is 10.1 Å². The van der Waals surface area contributed by atoms with Crippen LogP contribution in [-0.4, -0.2) is 5.11 Å². The third-order valence-electron chi connectivity index (χ3n) is 1.61. The summed E-state index contributed by atoms with van der Waals surface area (Å²) in [7, 11) is 0. The van der Waals surface area contributed by atoms with Crippen LogP contribution >= 0.6 is 11.3 Å². The minimum Gasteiger partial charge on any atom is -0.507 e. The van der Waals surface area contributed by atoms with Crippen molar-refractivity contribution in [3.05, 3.63) is 29.1 Å². The minimum absolute atomic E-state index is 0.160. The molecule has 0 saturated carbocycles. The monoisotopic (exact) mass is 186 g/mol. The molecule has 0 saturated heterocycles. The van der Waals surface area contributed by atoms with Gasteiger partial charge in [-0.25, -0.2) is 8.78 Å². The Morgan fingerprint density at radius 1 is 1.33 bits per heavy atom. The van der Waals surface area contributed by atoms with E-state index in [0.29, 0.717) is 5.39 Å². The number of fused-ring (bicyclic) bond motifs is 1. The van der Waals surface area contributed by atoms with Crippen molar-refractivity contribution >= 4 is 21.4 Å². The zero-order chi connectivity index (χ0) is 8.72. The molecule has 4 heteroatoms. The molecule has 62 valence electrons. The Bertz CT molecular complexity index is 436. The molecule has 0 aliphatic carbocycles. The Morgan fingerprint density at radius 3 is 2.83 bits per heavy atom. The molecular weight excluding hydrogens is 182 g/mol. The molecule has 0 bridgehead atoms. The molecule has 0 spiro atoms. The van der Waals surface area contributed by atoms with Gasteiger partial charge in [0.2, 0.25) is 0 Å². The topological polar surface area (TPSA) is 20.2 Å². The Morgan fingerprint density at radius 2 is 2.08 bits per heavy atom. The van der Waals surface area contributed by atoms with Gasteiger partial charge in [-0.15, -0.1) is 11.3 Å². The number of benzene rings is 1. The lowest BCUT2D eigenvalue weighted by molar-refractivity contribution is 0.465. The first-order chi connectivity index (χ1) is 5.70. The highest BCUT2D eigenvalue weighted by atomic mass is 32.1. The predicted octanol–water partition coefficient (Wildman–Crippen LogP) is 2.89. The number of thiophene rings is 1. The van der Waals surface area contributed by atoms with Crippen LogP contribution in [0.2, 0.25) is 0 Å². The largest absolute Gasteiger partial charge is 0.507 e. The summed E-state index contributed by atoms with van der Waals surface area (Å²) < 4.78 is 25.8. The molecule has 0 amide bonds. The lowest BCUT2D eigenvalue weighted by Gasteiger charge is -1.97.